The molecular weight excluding hydrogens is 486 g/mol. The first-order valence-electron chi connectivity index (χ1n) is 12.5. The van der Waals surface area contributed by atoms with E-state index in [0.717, 1.165) is 16.8 Å². The maximum Gasteiger partial charge on any atom is 0.305 e. The lowest BCUT2D eigenvalue weighted by atomic mass is 9.93. The first kappa shape index (κ1) is 26.8. The van der Waals surface area contributed by atoms with Gasteiger partial charge in [-0.25, -0.2) is 4.68 Å². The van der Waals surface area contributed by atoms with Crippen LogP contribution < -0.4 is 10.5 Å². The number of ether oxygens (including phenoxy) is 2. The second-order valence-corrected chi connectivity index (χ2v) is 10.4. The lowest BCUT2D eigenvalue weighted by Gasteiger charge is -2.24. The molecule has 1 unspecified atom stereocenters. The number of nitrogens with zero attached hydrogens (tertiary/aromatic N) is 4. The zero-order valence-electron chi connectivity index (χ0n) is 22.1. The monoisotopic (exact) mass is 519 g/mol. The topological polar surface area (TPSA) is 130 Å². The molecule has 0 bridgehead atoms. The van der Waals surface area contributed by atoms with Crippen LogP contribution in [0.15, 0.2) is 48.7 Å². The number of hydrogen-bond acceptors (Lipinski definition) is 7. The number of aromatic nitrogens is 3. The summed E-state index contributed by atoms with van der Waals surface area (Å²) in [4.78, 5) is 38.1. The SMILES string of the molecule is COC(=O)CCC(C(N)=O)N1Cc2c(OCc3ccc(Cn4cc(C(C)(C)C)nn4)cc3)cccc2C1=O. The van der Waals surface area contributed by atoms with E-state index in [1.54, 1.807) is 18.2 Å². The summed E-state index contributed by atoms with van der Waals surface area (Å²) in [5, 5.41) is 8.49. The molecule has 4 rings (SSSR count). The van der Waals surface area contributed by atoms with Gasteiger partial charge in [0.1, 0.15) is 18.4 Å². The van der Waals surface area contributed by atoms with Crippen LogP contribution in [0.2, 0.25) is 0 Å². The van der Waals surface area contributed by atoms with Crippen molar-refractivity contribution in [3.63, 3.8) is 0 Å². The number of hydrogen-bond donors (Lipinski definition) is 1. The van der Waals surface area contributed by atoms with Crippen LogP contribution in [0.25, 0.3) is 0 Å². The van der Waals surface area contributed by atoms with Crippen LogP contribution in [0.5, 0.6) is 5.75 Å². The number of methoxy groups -OCH3 is 1. The first-order valence-corrected chi connectivity index (χ1v) is 12.5. The summed E-state index contributed by atoms with van der Waals surface area (Å²) >= 11 is 0. The van der Waals surface area contributed by atoms with Crippen molar-refractivity contribution in [1.82, 2.24) is 19.9 Å². The van der Waals surface area contributed by atoms with E-state index >= 15 is 0 Å². The van der Waals surface area contributed by atoms with Crippen LogP contribution in [0.1, 0.15) is 66.4 Å². The van der Waals surface area contributed by atoms with Crippen molar-refractivity contribution in [1.29, 1.82) is 0 Å². The molecule has 0 fully saturated rings. The zero-order valence-corrected chi connectivity index (χ0v) is 22.1. The maximum absolute atomic E-state index is 13.1. The summed E-state index contributed by atoms with van der Waals surface area (Å²) in [6.45, 7) is 7.41. The Morgan fingerprint density at radius 3 is 2.45 bits per heavy atom. The van der Waals surface area contributed by atoms with Gasteiger partial charge in [0.05, 0.1) is 25.9 Å². The molecule has 0 aliphatic carbocycles. The van der Waals surface area contributed by atoms with Gasteiger partial charge in [0.25, 0.3) is 5.91 Å². The average Bonchev–Trinajstić information content (AvgIpc) is 3.49. The van der Waals surface area contributed by atoms with Gasteiger partial charge in [-0.3, -0.25) is 14.4 Å². The van der Waals surface area contributed by atoms with Crippen LogP contribution in [0.3, 0.4) is 0 Å². The Morgan fingerprint density at radius 1 is 1.11 bits per heavy atom. The standard InChI is InChI=1S/C28H33N5O5/c1-28(2,3)24-16-32(31-30-24)14-18-8-10-19(11-9-18)17-38-23-7-5-6-20-21(23)15-33(27(20)36)22(26(29)35)12-13-25(34)37-4/h5-11,16,22H,12-15,17H2,1-4H3,(H2,29,35). The van der Waals surface area contributed by atoms with E-state index in [9.17, 15) is 14.4 Å². The highest BCUT2D eigenvalue weighted by Gasteiger charge is 2.37. The Morgan fingerprint density at radius 2 is 1.82 bits per heavy atom. The molecule has 2 aromatic carbocycles. The van der Waals surface area contributed by atoms with Crippen molar-refractivity contribution in [2.75, 3.05) is 7.11 Å². The highest BCUT2D eigenvalue weighted by molar-refractivity contribution is 6.01. The highest BCUT2D eigenvalue weighted by atomic mass is 16.5. The zero-order chi connectivity index (χ0) is 27.4. The summed E-state index contributed by atoms with van der Waals surface area (Å²) in [6, 6.07) is 12.4. The van der Waals surface area contributed by atoms with Gasteiger partial charge in [-0.2, -0.15) is 0 Å². The highest BCUT2D eigenvalue weighted by Crippen LogP contribution is 2.33. The summed E-state index contributed by atoms with van der Waals surface area (Å²) in [6.07, 6.45) is 2.05. The minimum atomic E-state index is -0.918. The lowest BCUT2D eigenvalue weighted by Crippen LogP contribution is -2.45. The minimum Gasteiger partial charge on any atom is -0.489 e. The third-order valence-electron chi connectivity index (χ3n) is 6.58. The van der Waals surface area contributed by atoms with Gasteiger partial charge in [-0.15, -0.1) is 5.10 Å². The van der Waals surface area contributed by atoms with Crippen molar-refractivity contribution >= 4 is 17.8 Å². The van der Waals surface area contributed by atoms with E-state index in [2.05, 4.69) is 35.8 Å². The Hall–Kier alpha value is -4.21. The molecule has 3 aromatic rings. The number of fused-ring (bicyclic) bond motifs is 1. The smallest absolute Gasteiger partial charge is 0.305 e. The molecule has 2 amide bonds. The molecule has 1 aliphatic heterocycles. The molecule has 1 atom stereocenters. The molecular formula is C28H33N5O5. The molecule has 2 heterocycles. The molecule has 10 nitrogen and oxygen atoms in total. The van der Waals surface area contributed by atoms with E-state index in [-0.39, 0.29) is 30.7 Å². The predicted octanol–water partition coefficient (Wildman–Crippen LogP) is 2.97. The van der Waals surface area contributed by atoms with Crippen molar-refractivity contribution in [2.24, 2.45) is 5.73 Å². The van der Waals surface area contributed by atoms with Crippen molar-refractivity contribution in [3.05, 3.63) is 76.6 Å². The molecule has 1 aliphatic rings. The van der Waals surface area contributed by atoms with E-state index in [1.807, 2.05) is 35.1 Å². The van der Waals surface area contributed by atoms with E-state index in [0.29, 0.717) is 30.0 Å². The fourth-order valence-electron chi connectivity index (χ4n) is 4.33. The molecule has 0 spiro atoms. The third kappa shape index (κ3) is 6.01. The summed E-state index contributed by atoms with van der Waals surface area (Å²) < 4.78 is 12.6. The number of primary amides is 1. The number of amides is 2. The number of nitrogens with two attached hydrogens (primary N) is 1. The number of carbonyl (C=O) groups is 3. The summed E-state index contributed by atoms with van der Waals surface area (Å²) in [5.74, 6) is -0.883. The number of benzene rings is 2. The van der Waals surface area contributed by atoms with Crippen LogP contribution >= 0.6 is 0 Å². The quantitative estimate of drug-likeness (QED) is 0.408. The number of rotatable bonds is 10. The normalized spacial score (nSPS) is 13.8. The molecule has 38 heavy (non-hydrogen) atoms. The second kappa shape index (κ2) is 11.0. The summed E-state index contributed by atoms with van der Waals surface area (Å²) in [5.41, 5.74) is 9.67. The molecule has 1 aromatic heterocycles. The maximum atomic E-state index is 13.1. The third-order valence-corrected chi connectivity index (χ3v) is 6.58. The van der Waals surface area contributed by atoms with Gasteiger partial charge in [-0.05, 0) is 29.7 Å². The Bertz CT molecular complexity index is 1330. The van der Waals surface area contributed by atoms with Gasteiger partial charge in [0, 0.05) is 29.2 Å². The number of carbonyl (C=O) groups excluding carboxylic acids is 3. The van der Waals surface area contributed by atoms with Gasteiger partial charge in [0.2, 0.25) is 5.91 Å². The Kier molecular flexibility index (Phi) is 7.80. The number of esters is 1. The fraction of sp³-hybridized carbons (Fsp3) is 0.393. The molecule has 200 valence electrons. The van der Waals surface area contributed by atoms with Gasteiger partial charge < -0.3 is 20.1 Å². The van der Waals surface area contributed by atoms with Gasteiger partial charge >= 0.3 is 5.97 Å². The van der Waals surface area contributed by atoms with Crippen molar-refractivity contribution in [3.8, 4) is 5.75 Å². The summed E-state index contributed by atoms with van der Waals surface area (Å²) in [7, 11) is 1.27. The largest absolute Gasteiger partial charge is 0.489 e. The Balaban J connectivity index is 1.40. The van der Waals surface area contributed by atoms with Crippen LogP contribution in [-0.4, -0.2) is 50.8 Å². The van der Waals surface area contributed by atoms with E-state index in [1.165, 1.54) is 12.0 Å². The fourth-order valence-corrected chi connectivity index (χ4v) is 4.33. The molecule has 0 saturated carbocycles. The van der Waals surface area contributed by atoms with E-state index < -0.39 is 17.9 Å². The van der Waals surface area contributed by atoms with Gasteiger partial charge in [0.15, 0.2) is 0 Å². The molecule has 2 N–H and O–H groups in total. The first-order chi connectivity index (χ1) is 18.1. The molecule has 10 heteroatoms. The lowest BCUT2D eigenvalue weighted by molar-refractivity contribution is -0.141. The predicted molar refractivity (Wildman–Crippen MR) is 139 cm³/mol. The van der Waals surface area contributed by atoms with Crippen LogP contribution in [0, 0.1) is 0 Å². The average molecular weight is 520 g/mol. The van der Waals surface area contributed by atoms with Crippen LogP contribution in [0.4, 0.5) is 0 Å². The minimum absolute atomic E-state index is 0.0156. The Labute approximate surface area is 221 Å². The van der Waals surface area contributed by atoms with Crippen molar-refractivity contribution < 1.29 is 23.9 Å². The molecule has 0 radical (unpaired) electrons. The van der Waals surface area contributed by atoms with Crippen molar-refractivity contribution in [2.45, 2.75) is 64.8 Å². The molecule has 0 saturated heterocycles. The second-order valence-electron chi connectivity index (χ2n) is 10.4. The van der Waals surface area contributed by atoms with Gasteiger partial charge in [-0.1, -0.05) is 56.3 Å². The van der Waals surface area contributed by atoms with E-state index in [4.69, 9.17) is 10.5 Å². The van der Waals surface area contributed by atoms with Crippen LogP contribution in [-0.2, 0) is 39.4 Å².